The van der Waals surface area contributed by atoms with E-state index in [-0.39, 0.29) is 5.84 Å². The molecule has 6 nitrogen and oxygen atoms in total. The van der Waals surface area contributed by atoms with Crippen LogP contribution >= 0.6 is 0 Å². The highest BCUT2D eigenvalue weighted by atomic mass is 16.5. The summed E-state index contributed by atoms with van der Waals surface area (Å²) >= 11 is 0. The maximum atomic E-state index is 7.79. The maximum Gasteiger partial charge on any atom is 0.162 e. The van der Waals surface area contributed by atoms with Crippen LogP contribution in [-0.2, 0) is 4.74 Å². The Morgan fingerprint density at radius 1 is 1.35 bits per heavy atom. The lowest BCUT2D eigenvalue weighted by atomic mass is 9.99. The molecule has 110 valence electrons. The molecule has 1 saturated heterocycles. The van der Waals surface area contributed by atoms with E-state index in [1.54, 1.807) is 0 Å². The largest absolute Gasteiger partial charge is 0.384 e. The Labute approximate surface area is 119 Å². The first-order valence-corrected chi connectivity index (χ1v) is 6.98. The Hall–Kier alpha value is -1.69. The number of nitrogens with two attached hydrogens (primary N) is 1. The molecule has 0 aliphatic carbocycles. The quantitative estimate of drug-likeness (QED) is 0.638. The third-order valence-electron chi connectivity index (χ3n) is 3.94. The first kappa shape index (κ1) is 14.7. The Morgan fingerprint density at radius 2 is 2.00 bits per heavy atom. The van der Waals surface area contributed by atoms with Gasteiger partial charge in [0.1, 0.15) is 5.84 Å². The van der Waals surface area contributed by atoms with Gasteiger partial charge in [-0.3, -0.25) is 5.41 Å². The Morgan fingerprint density at radius 3 is 2.60 bits per heavy atom. The standard InChI is InChI=1S/C14H23N5O/c1-9-10(2)17-18-14(12(9)13(15)16)19(3)8-11-4-6-20-7-5-11/h11H,4-8H2,1-3H3,(H3,15,16). The molecule has 0 saturated carbocycles. The lowest BCUT2D eigenvalue weighted by Crippen LogP contribution is -2.32. The maximum absolute atomic E-state index is 7.79. The van der Waals surface area contributed by atoms with Crippen LogP contribution in [0.5, 0.6) is 0 Å². The van der Waals surface area contributed by atoms with Crippen LogP contribution in [0.15, 0.2) is 0 Å². The zero-order valence-corrected chi connectivity index (χ0v) is 12.4. The molecule has 0 amide bonds. The molecule has 1 fully saturated rings. The number of amidine groups is 1. The van der Waals surface area contributed by atoms with Crippen LogP contribution in [-0.4, -0.2) is 42.8 Å². The molecule has 2 rings (SSSR count). The molecule has 2 heterocycles. The minimum Gasteiger partial charge on any atom is -0.384 e. The summed E-state index contributed by atoms with van der Waals surface area (Å²) in [6.07, 6.45) is 2.13. The number of anilines is 1. The number of aryl methyl sites for hydroxylation is 1. The average molecular weight is 277 g/mol. The normalized spacial score (nSPS) is 16.1. The predicted molar refractivity (Wildman–Crippen MR) is 79.3 cm³/mol. The van der Waals surface area contributed by atoms with Gasteiger partial charge in [-0.05, 0) is 38.2 Å². The van der Waals surface area contributed by atoms with Gasteiger partial charge in [0.05, 0.1) is 11.3 Å². The number of hydrogen-bond donors (Lipinski definition) is 2. The van der Waals surface area contributed by atoms with E-state index in [0.717, 1.165) is 43.9 Å². The minimum absolute atomic E-state index is 0.0503. The number of nitrogens with zero attached hydrogens (tertiary/aromatic N) is 3. The molecule has 0 unspecified atom stereocenters. The van der Waals surface area contributed by atoms with Crippen molar-refractivity contribution in [1.82, 2.24) is 10.2 Å². The van der Waals surface area contributed by atoms with Crippen molar-refractivity contribution in [1.29, 1.82) is 5.41 Å². The van der Waals surface area contributed by atoms with Crippen LogP contribution < -0.4 is 10.6 Å². The molecular weight excluding hydrogens is 254 g/mol. The van der Waals surface area contributed by atoms with Crippen molar-refractivity contribution in [3.05, 3.63) is 16.8 Å². The van der Waals surface area contributed by atoms with Gasteiger partial charge in [-0.25, -0.2) is 0 Å². The van der Waals surface area contributed by atoms with Gasteiger partial charge in [-0.1, -0.05) is 0 Å². The zero-order chi connectivity index (χ0) is 14.7. The van der Waals surface area contributed by atoms with Gasteiger partial charge in [0.15, 0.2) is 5.82 Å². The van der Waals surface area contributed by atoms with Crippen LogP contribution in [0.25, 0.3) is 0 Å². The summed E-state index contributed by atoms with van der Waals surface area (Å²) < 4.78 is 5.38. The highest BCUT2D eigenvalue weighted by Gasteiger charge is 2.21. The number of ether oxygens (including phenoxy) is 1. The highest BCUT2D eigenvalue weighted by molar-refractivity contribution is 6.01. The molecule has 1 aromatic heterocycles. The first-order valence-electron chi connectivity index (χ1n) is 6.98. The molecular formula is C14H23N5O. The number of rotatable bonds is 4. The number of hydrogen-bond acceptors (Lipinski definition) is 5. The molecule has 20 heavy (non-hydrogen) atoms. The van der Waals surface area contributed by atoms with Crippen molar-refractivity contribution in [2.24, 2.45) is 11.7 Å². The average Bonchev–Trinajstić information content (AvgIpc) is 2.42. The Bertz CT molecular complexity index is 497. The second-order valence-electron chi connectivity index (χ2n) is 5.46. The summed E-state index contributed by atoms with van der Waals surface area (Å²) in [7, 11) is 1.99. The second kappa shape index (κ2) is 6.17. The van der Waals surface area contributed by atoms with Crippen LogP contribution in [0.4, 0.5) is 5.82 Å². The Kier molecular flexibility index (Phi) is 4.54. The highest BCUT2D eigenvalue weighted by Crippen LogP contribution is 2.23. The van der Waals surface area contributed by atoms with Gasteiger partial charge in [0.25, 0.3) is 0 Å². The van der Waals surface area contributed by atoms with E-state index in [0.29, 0.717) is 17.3 Å². The van der Waals surface area contributed by atoms with Gasteiger partial charge in [0.2, 0.25) is 0 Å². The summed E-state index contributed by atoms with van der Waals surface area (Å²) in [5, 5.41) is 16.2. The zero-order valence-electron chi connectivity index (χ0n) is 12.4. The van der Waals surface area contributed by atoms with E-state index in [4.69, 9.17) is 15.9 Å². The van der Waals surface area contributed by atoms with E-state index in [1.165, 1.54) is 0 Å². The van der Waals surface area contributed by atoms with Crippen molar-refractivity contribution in [3.63, 3.8) is 0 Å². The number of nitrogens with one attached hydrogen (secondary N) is 1. The van der Waals surface area contributed by atoms with E-state index < -0.39 is 0 Å². The fourth-order valence-electron chi connectivity index (χ4n) is 2.59. The van der Waals surface area contributed by atoms with Crippen molar-refractivity contribution >= 4 is 11.7 Å². The summed E-state index contributed by atoms with van der Waals surface area (Å²) in [6, 6.07) is 0. The molecule has 1 aliphatic heterocycles. The van der Waals surface area contributed by atoms with Gasteiger partial charge >= 0.3 is 0 Å². The van der Waals surface area contributed by atoms with E-state index >= 15 is 0 Å². The fraction of sp³-hybridized carbons (Fsp3) is 0.643. The lowest BCUT2D eigenvalue weighted by molar-refractivity contribution is 0.0685. The third kappa shape index (κ3) is 3.07. The molecule has 1 aliphatic rings. The summed E-state index contributed by atoms with van der Waals surface area (Å²) in [5.74, 6) is 1.35. The fourth-order valence-corrected chi connectivity index (χ4v) is 2.59. The van der Waals surface area contributed by atoms with Crippen LogP contribution in [0.1, 0.15) is 29.7 Å². The van der Waals surface area contributed by atoms with Crippen LogP contribution in [0.3, 0.4) is 0 Å². The van der Waals surface area contributed by atoms with Gasteiger partial charge in [-0.2, -0.15) is 5.10 Å². The smallest absolute Gasteiger partial charge is 0.162 e. The van der Waals surface area contributed by atoms with Crippen LogP contribution in [0, 0.1) is 25.2 Å². The minimum atomic E-state index is 0.0503. The van der Waals surface area contributed by atoms with Crippen LogP contribution in [0.2, 0.25) is 0 Å². The number of aromatic nitrogens is 2. The van der Waals surface area contributed by atoms with E-state index in [9.17, 15) is 0 Å². The summed E-state index contributed by atoms with van der Waals surface area (Å²) in [4.78, 5) is 2.06. The lowest BCUT2D eigenvalue weighted by Gasteiger charge is -2.29. The molecule has 1 aromatic rings. The molecule has 0 aromatic carbocycles. The Balaban J connectivity index is 2.22. The molecule has 0 atom stereocenters. The molecule has 6 heteroatoms. The van der Waals surface area contributed by atoms with Gasteiger partial charge < -0.3 is 15.4 Å². The SMILES string of the molecule is Cc1nnc(N(C)CC2CCOCC2)c(C(=N)N)c1C. The molecule has 3 N–H and O–H groups in total. The summed E-state index contributed by atoms with van der Waals surface area (Å²) in [5.41, 5.74) is 8.17. The predicted octanol–water partition coefficient (Wildman–Crippen LogP) is 1.24. The monoisotopic (exact) mass is 277 g/mol. The van der Waals surface area contributed by atoms with Crippen molar-refractivity contribution < 1.29 is 4.74 Å². The second-order valence-corrected chi connectivity index (χ2v) is 5.46. The third-order valence-corrected chi connectivity index (χ3v) is 3.94. The van der Waals surface area contributed by atoms with Gasteiger partial charge in [0, 0.05) is 26.8 Å². The molecule has 0 radical (unpaired) electrons. The van der Waals surface area contributed by atoms with E-state index in [1.807, 2.05) is 20.9 Å². The van der Waals surface area contributed by atoms with Crippen molar-refractivity contribution in [2.45, 2.75) is 26.7 Å². The summed E-state index contributed by atoms with van der Waals surface area (Å²) in [6.45, 7) is 6.37. The van der Waals surface area contributed by atoms with Gasteiger partial charge in [-0.15, -0.1) is 5.10 Å². The topological polar surface area (TPSA) is 88.1 Å². The van der Waals surface area contributed by atoms with E-state index in [2.05, 4.69) is 15.1 Å². The number of nitrogen functional groups attached to an aromatic ring is 1. The van der Waals surface area contributed by atoms with Crippen molar-refractivity contribution in [3.8, 4) is 0 Å². The molecule has 0 spiro atoms. The van der Waals surface area contributed by atoms with Crippen molar-refractivity contribution in [2.75, 3.05) is 31.7 Å². The molecule has 0 bridgehead atoms. The first-order chi connectivity index (χ1) is 9.50.